The molecular weight excluding hydrogens is 320 g/mol. The molecule has 0 aliphatic rings. The summed E-state index contributed by atoms with van der Waals surface area (Å²) in [5.74, 6) is 0.209. The first-order valence-corrected chi connectivity index (χ1v) is 7.71. The molecule has 25 heavy (non-hydrogen) atoms. The maximum atomic E-state index is 12.5. The van der Waals surface area contributed by atoms with Crippen LogP contribution in [0.25, 0.3) is 10.9 Å². The Morgan fingerprint density at radius 2 is 1.92 bits per heavy atom. The highest BCUT2D eigenvalue weighted by atomic mass is 16.5. The van der Waals surface area contributed by atoms with Crippen LogP contribution in [0.1, 0.15) is 10.4 Å². The second kappa shape index (κ2) is 7.04. The van der Waals surface area contributed by atoms with Crippen molar-refractivity contribution < 1.29 is 14.3 Å². The van der Waals surface area contributed by atoms with Crippen LogP contribution >= 0.6 is 0 Å². The van der Waals surface area contributed by atoms with Crippen LogP contribution in [0.2, 0.25) is 0 Å². The Hall–Kier alpha value is -3.35. The SMILES string of the molecule is CN(C)C(=O)COc1ccc(NC(=O)c2cccc3cn[nH]c23)cc1. The highest BCUT2D eigenvalue weighted by molar-refractivity contribution is 6.11. The minimum atomic E-state index is -0.230. The Morgan fingerprint density at radius 3 is 2.64 bits per heavy atom. The number of aromatic nitrogens is 2. The van der Waals surface area contributed by atoms with Gasteiger partial charge in [0.25, 0.3) is 11.8 Å². The molecule has 0 fully saturated rings. The first kappa shape index (κ1) is 16.5. The van der Waals surface area contributed by atoms with E-state index in [0.29, 0.717) is 22.5 Å². The molecule has 2 amide bonds. The number of para-hydroxylation sites is 1. The van der Waals surface area contributed by atoms with E-state index in [0.717, 1.165) is 5.39 Å². The van der Waals surface area contributed by atoms with Crippen molar-refractivity contribution in [1.82, 2.24) is 15.1 Å². The molecule has 0 aliphatic heterocycles. The summed E-state index contributed by atoms with van der Waals surface area (Å²) in [6.45, 7) is -0.0273. The van der Waals surface area contributed by atoms with E-state index >= 15 is 0 Å². The van der Waals surface area contributed by atoms with Gasteiger partial charge in [0.1, 0.15) is 5.75 Å². The van der Waals surface area contributed by atoms with Crippen LogP contribution in [0, 0.1) is 0 Å². The first-order valence-electron chi connectivity index (χ1n) is 7.71. The minimum Gasteiger partial charge on any atom is -0.484 e. The zero-order chi connectivity index (χ0) is 17.8. The summed E-state index contributed by atoms with van der Waals surface area (Å²) < 4.78 is 5.40. The molecule has 2 aromatic carbocycles. The van der Waals surface area contributed by atoms with Gasteiger partial charge >= 0.3 is 0 Å². The van der Waals surface area contributed by atoms with Crippen molar-refractivity contribution in [1.29, 1.82) is 0 Å². The number of anilines is 1. The molecule has 2 N–H and O–H groups in total. The van der Waals surface area contributed by atoms with Gasteiger partial charge < -0.3 is 15.0 Å². The Bertz CT molecular complexity index is 900. The lowest BCUT2D eigenvalue weighted by Crippen LogP contribution is -2.27. The fourth-order valence-electron chi connectivity index (χ4n) is 2.27. The number of rotatable bonds is 5. The van der Waals surface area contributed by atoms with E-state index in [9.17, 15) is 9.59 Å². The third kappa shape index (κ3) is 3.77. The maximum absolute atomic E-state index is 12.5. The molecule has 7 heteroatoms. The summed E-state index contributed by atoms with van der Waals surface area (Å²) in [6, 6.07) is 12.3. The van der Waals surface area contributed by atoms with Crippen LogP contribution in [-0.4, -0.2) is 47.6 Å². The van der Waals surface area contributed by atoms with Crippen LogP contribution in [0.3, 0.4) is 0 Å². The summed E-state index contributed by atoms with van der Waals surface area (Å²) in [7, 11) is 3.34. The lowest BCUT2D eigenvalue weighted by atomic mass is 10.1. The normalized spacial score (nSPS) is 10.5. The number of benzene rings is 2. The zero-order valence-corrected chi connectivity index (χ0v) is 13.9. The first-order chi connectivity index (χ1) is 12.0. The van der Waals surface area contributed by atoms with Gasteiger partial charge in [-0.05, 0) is 30.3 Å². The van der Waals surface area contributed by atoms with E-state index in [4.69, 9.17) is 4.74 Å². The van der Waals surface area contributed by atoms with Crippen LogP contribution in [0.15, 0.2) is 48.7 Å². The monoisotopic (exact) mass is 338 g/mol. The molecule has 128 valence electrons. The average Bonchev–Trinajstić information content (AvgIpc) is 3.09. The topological polar surface area (TPSA) is 87.3 Å². The Morgan fingerprint density at radius 1 is 1.16 bits per heavy atom. The van der Waals surface area contributed by atoms with Gasteiger partial charge in [0.05, 0.1) is 17.3 Å². The number of carbonyl (C=O) groups is 2. The highest BCUT2D eigenvalue weighted by Gasteiger charge is 2.11. The highest BCUT2D eigenvalue weighted by Crippen LogP contribution is 2.19. The van der Waals surface area contributed by atoms with Gasteiger partial charge in [0, 0.05) is 25.2 Å². The van der Waals surface area contributed by atoms with Gasteiger partial charge in [-0.2, -0.15) is 5.10 Å². The van der Waals surface area contributed by atoms with Crippen molar-refractivity contribution in [2.75, 3.05) is 26.0 Å². The number of H-pyrrole nitrogens is 1. The maximum Gasteiger partial charge on any atom is 0.259 e. The minimum absolute atomic E-state index is 0.0273. The number of carbonyl (C=O) groups excluding carboxylic acids is 2. The summed E-state index contributed by atoms with van der Waals surface area (Å²) in [4.78, 5) is 25.4. The molecule has 1 heterocycles. The molecule has 0 saturated heterocycles. The summed E-state index contributed by atoms with van der Waals surface area (Å²) in [5.41, 5.74) is 1.85. The number of amides is 2. The van der Waals surface area contributed by atoms with Gasteiger partial charge in [-0.25, -0.2) is 0 Å². The van der Waals surface area contributed by atoms with Crippen LogP contribution in [0.5, 0.6) is 5.75 Å². The van der Waals surface area contributed by atoms with Gasteiger partial charge in [-0.15, -0.1) is 0 Å². The molecule has 3 rings (SSSR count). The van der Waals surface area contributed by atoms with Gasteiger partial charge in [0.2, 0.25) is 0 Å². The van der Waals surface area contributed by atoms with E-state index in [1.54, 1.807) is 50.6 Å². The number of hydrogen-bond donors (Lipinski definition) is 2. The fourth-order valence-corrected chi connectivity index (χ4v) is 2.27. The summed E-state index contributed by atoms with van der Waals surface area (Å²) in [6.07, 6.45) is 1.67. The van der Waals surface area contributed by atoms with Crippen molar-refractivity contribution >= 4 is 28.4 Å². The number of hydrogen-bond acceptors (Lipinski definition) is 4. The number of likely N-dealkylation sites (N-methyl/N-ethyl adjacent to an activating group) is 1. The Labute approximate surface area is 144 Å². The van der Waals surface area contributed by atoms with Crippen LogP contribution in [-0.2, 0) is 4.79 Å². The molecule has 0 spiro atoms. The lowest BCUT2D eigenvalue weighted by Gasteiger charge is -2.12. The molecule has 0 unspecified atom stereocenters. The molecule has 0 bridgehead atoms. The van der Waals surface area contributed by atoms with Gasteiger partial charge in [-0.1, -0.05) is 12.1 Å². The number of nitrogens with one attached hydrogen (secondary N) is 2. The number of ether oxygens (including phenoxy) is 1. The number of aromatic amines is 1. The van der Waals surface area contributed by atoms with Crippen LogP contribution < -0.4 is 10.1 Å². The second-order valence-corrected chi connectivity index (χ2v) is 5.70. The fraction of sp³-hybridized carbons (Fsp3) is 0.167. The Kier molecular flexibility index (Phi) is 4.65. The smallest absolute Gasteiger partial charge is 0.259 e. The van der Waals surface area contributed by atoms with Crippen molar-refractivity contribution in [2.24, 2.45) is 0 Å². The third-order valence-corrected chi connectivity index (χ3v) is 3.69. The van der Waals surface area contributed by atoms with Crippen molar-refractivity contribution in [3.63, 3.8) is 0 Å². The van der Waals surface area contributed by atoms with Crippen molar-refractivity contribution in [2.45, 2.75) is 0 Å². The Balaban J connectivity index is 1.66. The molecule has 7 nitrogen and oxygen atoms in total. The van der Waals surface area contributed by atoms with Crippen LogP contribution in [0.4, 0.5) is 5.69 Å². The second-order valence-electron chi connectivity index (χ2n) is 5.70. The standard InChI is InChI=1S/C18H18N4O3/c1-22(2)16(23)11-25-14-8-6-13(7-9-14)20-18(24)15-5-3-4-12-10-19-21-17(12)15/h3-10H,11H2,1-2H3,(H,19,21)(H,20,24). The molecular formula is C18H18N4O3. The predicted molar refractivity (Wildman–Crippen MR) is 94.7 cm³/mol. The molecule has 0 saturated carbocycles. The largest absolute Gasteiger partial charge is 0.484 e. The van der Waals surface area contributed by atoms with Gasteiger partial charge in [0.15, 0.2) is 6.61 Å². The molecule has 0 aliphatic carbocycles. The predicted octanol–water partition coefficient (Wildman–Crippen LogP) is 2.28. The summed E-state index contributed by atoms with van der Waals surface area (Å²) in [5, 5.41) is 10.5. The van der Waals surface area contributed by atoms with Crippen molar-refractivity contribution in [3.05, 3.63) is 54.2 Å². The summed E-state index contributed by atoms with van der Waals surface area (Å²) >= 11 is 0. The van der Waals surface area contributed by atoms with E-state index < -0.39 is 0 Å². The van der Waals surface area contributed by atoms with E-state index in [1.165, 1.54) is 4.90 Å². The number of nitrogens with zero attached hydrogens (tertiary/aromatic N) is 2. The van der Waals surface area contributed by atoms with E-state index in [1.807, 2.05) is 12.1 Å². The van der Waals surface area contributed by atoms with E-state index in [2.05, 4.69) is 15.5 Å². The zero-order valence-electron chi connectivity index (χ0n) is 13.9. The quantitative estimate of drug-likeness (QED) is 0.747. The van der Waals surface area contributed by atoms with Gasteiger partial charge in [-0.3, -0.25) is 14.7 Å². The average molecular weight is 338 g/mol. The lowest BCUT2D eigenvalue weighted by molar-refractivity contribution is -0.130. The molecule has 1 aromatic heterocycles. The molecule has 3 aromatic rings. The number of fused-ring (bicyclic) bond motifs is 1. The molecule has 0 atom stereocenters. The molecule has 0 radical (unpaired) electrons. The van der Waals surface area contributed by atoms with Crippen molar-refractivity contribution in [3.8, 4) is 5.75 Å². The van der Waals surface area contributed by atoms with E-state index in [-0.39, 0.29) is 18.4 Å². The third-order valence-electron chi connectivity index (χ3n) is 3.69.